The molecule has 0 aliphatic carbocycles. The normalized spacial score (nSPS) is 10.4. The molecule has 2 heterocycles. The van der Waals surface area contributed by atoms with Gasteiger partial charge < -0.3 is 22.5 Å². The highest BCUT2D eigenvalue weighted by Gasteiger charge is 2.34. The number of alkyl halides is 6. The van der Waals surface area contributed by atoms with E-state index in [0.29, 0.717) is 40.3 Å². The summed E-state index contributed by atoms with van der Waals surface area (Å²) in [7, 11) is 0. The lowest BCUT2D eigenvalue weighted by Crippen LogP contribution is -2.34. The van der Waals surface area contributed by atoms with E-state index < -0.39 is 57.3 Å². The number of aromatic nitrogens is 8. The first-order valence-electron chi connectivity index (χ1n) is 17.7. The zero-order valence-corrected chi connectivity index (χ0v) is 34.4. The Morgan fingerprint density at radius 3 is 1.58 bits per heavy atom. The van der Waals surface area contributed by atoms with Crippen LogP contribution in [0.4, 0.5) is 48.2 Å². The smallest absolute Gasteiger partial charge is 0.399 e. The summed E-state index contributed by atoms with van der Waals surface area (Å²) >= 11 is 10.8. The van der Waals surface area contributed by atoms with Crippen molar-refractivity contribution in [1.29, 1.82) is 0 Å². The van der Waals surface area contributed by atoms with E-state index in [4.69, 9.17) is 40.4 Å². The van der Waals surface area contributed by atoms with E-state index in [-0.39, 0.29) is 24.4 Å². The summed E-state index contributed by atoms with van der Waals surface area (Å²) in [5.74, 6) is -1.69. The second-order valence-corrected chi connectivity index (χ2v) is 13.2. The number of hydrogen-bond acceptors (Lipinski definition) is 13. The molecule has 0 spiro atoms. The van der Waals surface area contributed by atoms with Crippen molar-refractivity contribution in [1.82, 2.24) is 45.7 Å². The van der Waals surface area contributed by atoms with Gasteiger partial charge in [-0.3, -0.25) is 19.7 Å². The molecule has 0 saturated carbocycles. The highest BCUT2D eigenvalue weighted by Crippen LogP contribution is 2.37. The fraction of sp³-hybridized carbons (Fsp3) is 0.0750. The predicted octanol–water partition coefficient (Wildman–Crippen LogP) is 7.39. The molecule has 0 atom stereocenters. The van der Waals surface area contributed by atoms with Crippen molar-refractivity contribution in [3.8, 4) is 11.4 Å². The number of anilines is 2. The summed E-state index contributed by atoms with van der Waals surface area (Å²) in [6.07, 6.45) is -5.32. The summed E-state index contributed by atoms with van der Waals surface area (Å²) in [4.78, 5) is 58.5. The van der Waals surface area contributed by atoms with Crippen LogP contribution in [0.1, 0.15) is 49.6 Å². The number of benzene rings is 5. The monoisotopic (exact) mass is 972 g/mol. The number of carbonyl (C=O) groups is 4. The molecule has 7 rings (SSSR count). The molecule has 0 saturated heterocycles. The van der Waals surface area contributed by atoms with Crippen molar-refractivity contribution in [2.24, 2.45) is 16.5 Å². The van der Waals surface area contributed by atoms with Crippen LogP contribution in [-0.4, -0.2) is 70.2 Å². The Hall–Kier alpha value is -8.54. The molecule has 5 aromatic carbocycles. The molecule has 27 heteroatoms. The molecule has 0 fully saturated rings. The molecule has 5 amide bonds. The van der Waals surface area contributed by atoms with E-state index in [1.807, 2.05) is 5.32 Å². The number of carbonyl (C=O) groups excluding carboxylic acids is 5. The van der Waals surface area contributed by atoms with Crippen LogP contribution >= 0.6 is 23.2 Å². The fourth-order valence-corrected chi connectivity index (χ4v) is 5.30. The zero-order chi connectivity index (χ0) is 48.6. The first-order valence-corrected chi connectivity index (χ1v) is 18.5. The third kappa shape index (κ3) is 16.2. The Morgan fingerprint density at radius 2 is 1.12 bits per heavy atom. The average Bonchev–Trinajstić information content (AvgIpc) is 4.02. The third-order valence-corrected chi connectivity index (χ3v) is 8.48. The Balaban J connectivity index is 0.000000257. The molecule has 19 nitrogen and oxygen atoms in total. The average molecular weight is 974 g/mol. The van der Waals surface area contributed by atoms with E-state index in [1.54, 1.807) is 60.7 Å². The second-order valence-electron chi connectivity index (χ2n) is 12.4. The maximum absolute atomic E-state index is 12.9. The minimum absolute atomic E-state index is 0. The van der Waals surface area contributed by atoms with Gasteiger partial charge in [-0.25, -0.2) is 19.0 Å². The zero-order valence-electron chi connectivity index (χ0n) is 32.9. The van der Waals surface area contributed by atoms with Gasteiger partial charge in [0.15, 0.2) is 0 Å². The second kappa shape index (κ2) is 23.9. The van der Waals surface area contributed by atoms with Crippen molar-refractivity contribution in [2.45, 2.75) is 19.8 Å². The minimum atomic E-state index is -4.68. The van der Waals surface area contributed by atoms with Crippen molar-refractivity contribution in [2.75, 3.05) is 11.1 Å². The molecular weight excluding hydrogens is 941 g/mol. The van der Waals surface area contributed by atoms with Crippen molar-refractivity contribution >= 4 is 70.1 Å². The number of tetrazole rings is 2. The number of hydrogen-bond donors (Lipinski definition) is 5. The number of primary amides is 2. The van der Waals surface area contributed by atoms with Gasteiger partial charge in [0.25, 0.3) is 5.91 Å². The van der Waals surface area contributed by atoms with Crippen LogP contribution in [0.5, 0.6) is 0 Å². The molecule has 8 N–H and O–H groups in total. The molecule has 0 unspecified atom stereocenters. The summed E-state index contributed by atoms with van der Waals surface area (Å²) in [5.41, 5.74) is 15.8. The number of imide groups is 1. The summed E-state index contributed by atoms with van der Waals surface area (Å²) < 4.78 is 78.1. The molecule has 0 radical (unpaired) electrons. The quantitative estimate of drug-likeness (QED) is 0.0452. The number of amides is 5. The molecule has 2 aromatic heterocycles. The number of nitrogens with zero attached hydrogens (tertiary/aromatic N) is 9. The molecule has 0 aliphatic rings. The van der Waals surface area contributed by atoms with Gasteiger partial charge in [-0.2, -0.15) is 31.3 Å². The number of halogens is 8. The maximum Gasteiger partial charge on any atom is 0.417 e. The van der Waals surface area contributed by atoms with Crippen LogP contribution < -0.4 is 27.8 Å². The number of aliphatic imine (C=N–C) groups is 1. The number of nitrogens with one attached hydrogen (secondary N) is 2. The van der Waals surface area contributed by atoms with Gasteiger partial charge in [-0.15, -0.1) is 10.2 Å². The van der Waals surface area contributed by atoms with Gasteiger partial charge in [0.1, 0.15) is 12.7 Å². The number of nitrogens with two attached hydrogens (primary N) is 3. The number of nitrogen functional groups attached to an aromatic ring is 1. The van der Waals surface area contributed by atoms with Crippen molar-refractivity contribution < 1.29 is 50.3 Å². The summed E-state index contributed by atoms with van der Waals surface area (Å²) in [5, 5.41) is 24.6. The molecule has 0 aliphatic heterocycles. The van der Waals surface area contributed by atoms with Gasteiger partial charge in [0, 0.05) is 28.1 Å². The van der Waals surface area contributed by atoms with Crippen molar-refractivity contribution in [3.05, 3.63) is 160 Å². The van der Waals surface area contributed by atoms with Gasteiger partial charge in [0.05, 0.1) is 38.2 Å². The molecule has 67 heavy (non-hydrogen) atoms. The first-order chi connectivity index (χ1) is 31.2. The highest BCUT2D eigenvalue weighted by molar-refractivity contribution is 6.31. The lowest BCUT2D eigenvalue weighted by molar-refractivity contribution is -0.138. The van der Waals surface area contributed by atoms with E-state index in [9.17, 15) is 50.3 Å². The SMILES string of the molecule is C.NC(=O)c1cccc(-n2cnnn2)c1.NC(=O)c1cccc(N)c1.O=C(NC(=O)c1cccc(-n2cnnn2)c1)Nc1ccc(Cl)c(C(F)(F)F)c1.O=C=Nc1ccc(Cl)c(C(F)(F)F)c1. The highest BCUT2D eigenvalue weighted by atomic mass is 35.5. The van der Waals surface area contributed by atoms with E-state index in [0.717, 1.165) is 18.2 Å². The van der Waals surface area contributed by atoms with Gasteiger partial charge in [-0.1, -0.05) is 48.8 Å². The number of urea groups is 1. The van der Waals surface area contributed by atoms with Crippen LogP contribution in [0.2, 0.25) is 10.0 Å². The largest absolute Gasteiger partial charge is 0.417 e. The Kier molecular flexibility index (Phi) is 18.9. The van der Waals surface area contributed by atoms with E-state index >= 15 is 0 Å². The Labute approximate surface area is 383 Å². The maximum atomic E-state index is 12.9. The van der Waals surface area contributed by atoms with Crippen LogP contribution in [0.25, 0.3) is 11.4 Å². The van der Waals surface area contributed by atoms with Crippen LogP contribution in [0.15, 0.2) is 127 Å². The lowest BCUT2D eigenvalue weighted by atomic mass is 10.2. The minimum Gasteiger partial charge on any atom is -0.399 e. The third-order valence-electron chi connectivity index (χ3n) is 7.82. The van der Waals surface area contributed by atoms with Crippen LogP contribution in [-0.2, 0) is 17.1 Å². The molecular formula is C40H32Cl2F6N14O5. The fourth-order valence-electron chi connectivity index (χ4n) is 4.85. The number of rotatable bonds is 7. The topological polar surface area (TPSA) is 287 Å². The predicted molar refractivity (Wildman–Crippen MR) is 230 cm³/mol. The van der Waals surface area contributed by atoms with Crippen LogP contribution in [0.3, 0.4) is 0 Å². The van der Waals surface area contributed by atoms with Gasteiger partial charge in [0.2, 0.25) is 17.9 Å². The van der Waals surface area contributed by atoms with Gasteiger partial charge in [-0.05, 0) is 112 Å². The number of isocyanates is 1. The molecule has 0 bridgehead atoms. The van der Waals surface area contributed by atoms with Crippen molar-refractivity contribution in [3.63, 3.8) is 0 Å². The lowest BCUT2D eigenvalue weighted by Gasteiger charge is -2.12. The Bertz CT molecular complexity index is 2860. The molecule has 348 valence electrons. The summed E-state index contributed by atoms with van der Waals surface area (Å²) in [6.45, 7) is 0. The Morgan fingerprint density at radius 1 is 0.642 bits per heavy atom. The van der Waals surface area contributed by atoms with Gasteiger partial charge >= 0.3 is 18.4 Å². The standard InChI is InChI=1S/C16H10ClF3N6O2.C8H3ClF3NO.C8H7N5O.C7H8N2O.CH4/c17-13-5-4-10(7-12(13)16(18,19)20)22-15(28)23-14(27)9-2-1-3-11(6-9)26-8-21-24-25-26;9-7-2-1-5(13-4-14)3-6(7)8(10,11)12;9-8(14)6-2-1-3-7(4-6)13-5-10-11-12-13;8-6-3-1-2-5(4-6)7(9)10;/h1-8H,(H2,22,23,27,28);1-3H;1-5H,(H2,9,14);1-4H,8H2,(H2,9,10);1H4. The van der Waals surface area contributed by atoms with E-state index in [2.05, 4.69) is 41.4 Å². The van der Waals surface area contributed by atoms with E-state index in [1.165, 1.54) is 46.3 Å². The first kappa shape index (κ1) is 52.8. The summed E-state index contributed by atoms with van der Waals surface area (Å²) in [6, 6.07) is 24.1. The van der Waals surface area contributed by atoms with Crippen LogP contribution in [0, 0.1) is 0 Å². The molecule has 7 aromatic rings.